The van der Waals surface area contributed by atoms with Gasteiger partial charge < -0.3 is 5.32 Å². The minimum atomic E-state index is 0.0263. The second-order valence-corrected chi connectivity index (χ2v) is 7.20. The van der Waals surface area contributed by atoms with Gasteiger partial charge in [-0.3, -0.25) is 4.79 Å². The lowest BCUT2D eigenvalue weighted by Crippen LogP contribution is -2.08. The number of hydrogen-bond donors (Lipinski definition) is 1. The third-order valence-electron chi connectivity index (χ3n) is 5.47. The molecule has 0 fully saturated rings. The SMILES string of the molecule is O=C(c1ccccc1)c1cccc2nc(NC3CCc4ccccc43)ccc12. The third kappa shape index (κ3) is 2.95. The second kappa shape index (κ2) is 6.93. The van der Waals surface area contributed by atoms with Crippen molar-refractivity contribution < 1.29 is 4.79 Å². The fourth-order valence-electron chi connectivity index (χ4n) is 4.06. The number of fused-ring (bicyclic) bond motifs is 2. The van der Waals surface area contributed by atoms with Crippen LogP contribution in [0.1, 0.15) is 39.5 Å². The van der Waals surface area contributed by atoms with E-state index in [9.17, 15) is 4.79 Å². The lowest BCUT2D eigenvalue weighted by Gasteiger charge is -2.15. The molecule has 1 N–H and O–H groups in total. The Morgan fingerprint density at radius 2 is 1.68 bits per heavy atom. The van der Waals surface area contributed by atoms with E-state index in [0.717, 1.165) is 29.6 Å². The first-order chi connectivity index (χ1) is 13.8. The molecule has 0 saturated heterocycles. The molecule has 1 atom stereocenters. The summed E-state index contributed by atoms with van der Waals surface area (Å²) in [6, 6.07) is 28.0. The number of ketones is 1. The molecular formula is C25H20N2O. The number of anilines is 1. The molecule has 3 aromatic carbocycles. The molecule has 3 heteroatoms. The van der Waals surface area contributed by atoms with E-state index in [1.165, 1.54) is 11.1 Å². The van der Waals surface area contributed by atoms with Gasteiger partial charge in [-0.05, 0) is 42.2 Å². The number of hydrogen-bond acceptors (Lipinski definition) is 3. The van der Waals surface area contributed by atoms with Gasteiger partial charge in [0.15, 0.2) is 5.78 Å². The summed E-state index contributed by atoms with van der Waals surface area (Å²) in [5.74, 6) is 0.872. The lowest BCUT2D eigenvalue weighted by atomic mass is 9.99. The lowest BCUT2D eigenvalue weighted by molar-refractivity contribution is 0.104. The number of aryl methyl sites for hydroxylation is 1. The van der Waals surface area contributed by atoms with E-state index in [4.69, 9.17) is 4.98 Å². The summed E-state index contributed by atoms with van der Waals surface area (Å²) >= 11 is 0. The van der Waals surface area contributed by atoms with Gasteiger partial charge in [0.25, 0.3) is 0 Å². The van der Waals surface area contributed by atoms with Crippen LogP contribution in [-0.2, 0) is 6.42 Å². The number of benzene rings is 3. The monoisotopic (exact) mass is 364 g/mol. The zero-order valence-corrected chi connectivity index (χ0v) is 15.4. The highest BCUT2D eigenvalue weighted by Crippen LogP contribution is 2.33. The zero-order chi connectivity index (χ0) is 18.9. The summed E-state index contributed by atoms with van der Waals surface area (Å²) in [6.45, 7) is 0. The van der Waals surface area contributed by atoms with Crippen molar-refractivity contribution in [3.05, 3.63) is 107 Å². The van der Waals surface area contributed by atoms with Gasteiger partial charge in [-0.15, -0.1) is 0 Å². The fourth-order valence-corrected chi connectivity index (χ4v) is 4.06. The van der Waals surface area contributed by atoms with Crippen molar-refractivity contribution >= 4 is 22.5 Å². The molecule has 0 saturated carbocycles. The maximum atomic E-state index is 12.9. The van der Waals surface area contributed by atoms with Gasteiger partial charge in [0.05, 0.1) is 11.6 Å². The van der Waals surface area contributed by atoms with Gasteiger partial charge >= 0.3 is 0 Å². The van der Waals surface area contributed by atoms with Crippen LogP contribution in [0.4, 0.5) is 5.82 Å². The molecule has 0 bridgehead atoms. The zero-order valence-electron chi connectivity index (χ0n) is 15.4. The van der Waals surface area contributed by atoms with E-state index < -0.39 is 0 Å². The molecule has 1 unspecified atom stereocenters. The van der Waals surface area contributed by atoms with Crippen LogP contribution < -0.4 is 5.32 Å². The van der Waals surface area contributed by atoms with Crippen molar-refractivity contribution in [2.75, 3.05) is 5.32 Å². The van der Waals surface area contributed by atoms with Crippen LogP contribution in [0.2, 0.25) is 0 Å². The van der Waals surface area contributed by atoms with Crippen LogP contribution in [0.15, 0.2) is 84.9 Å². The number of rotatable bonds is 4. The molecule has 4 aromatic rings. The van der Waals surface area contributed by atoms with Crippen LogP contribution in [0.5, 0.6) is 0 Å². The van der Waals surface area contributed by atoms with Crippen LogP contribution in [-0.4, -0.2) is 10.8 Å². The van der Waals surface area contributed by atoms with Crippen LogP contribution in [0.3, 0.4) is 0 Å². The van der Waals surface area contributed by atoms with Crippen LogP contribution in [0.25, 0.3) is 10.9 Å². The molecule has 0 amide bonds. The highest BCUT2D eigenvalue weighted by atomic mass is 16.1. The van der Waals surface area contributed by atoms with Gasteiger partial charge in [0.1, 0.15) is 5.82 Å². The number of nitrogens with one attached hydrogen (secondary N) is 1. The Hall–Kier alpha value is -3.46. The van der Waals surface area contributed by atoms with E-state index in [2.05, 4.69) is 29.6 Å². The molecule has 0 aliphatic heterocycles. The average Bonchev–Trinajstić information content (AvgIpc) is 3.16. The molecule has 3 nitrogen and oxygen atoms in total. The molecule has 1 aliphatic carbocycles. The highest BCUT2D eigenvalue weighted by Gasteiger charge is 2.22. The highest BCUT2D eigenvalue weighted by molar-refractivity contribution is 6.16. The summed E-state index contributed by atoms with van der Waals surface area (Å²) in [6.07, 6.45) is 2.17. The normalized spacial score (nSPS) is 15.4. The predicted molar refractivity (Wildman–Crippen MR) is 113 cm³/mol. The van der Waals surface area contributed by atoms with Gasteiger partial charge in [-0.25, -0.2) is 4.98 Å². The molecule has 1 aromatic heterocycles. The Balaban J connectivity index is 1.47. The fraction of sp³-hybridized carbons (Fsp3) is 0.120. The van der Waals surface area contributed by atoms with Crippen LogP contribution >= 0.6 is 0 Å². The van der Waals surface area contributed by atoms with E-state index in [-0.39, 0.29) is 11.8 Å². The van der Waals surface area contributed by atoms with Crippen molar-refractivity contribution in [1.82, 2.24) is 4.98 Å². The minimum Gasteiger partial charge on any atom is -0.363 e. The molecule has 0 spiro atoms. The number of nitrogens with zero attached hydrogens (tertiary/aromatic N) is 1. The summed E-state index contributed by atoms with van der Waals surface area (Å²) in [5.41, 5.74) is 4.99. The number of carbonyl (C=O) groups excluding carboxylic acids is 1. The number of pyridine rings is 1. The van der Waals surface area contributed by atoms with E-state index in [0.29, 0.717) is 11.1 Å². The molecule has 28 heavy (non-hydrogen) atoms. The first kappa shape index (κ1) is 16.7. The number of aromatic nitrogens is 1. The molecule has 1 aliphatic rings. The van der Waals surface area contributed by atoms with Crippen LogP contribution in [0, 0.1) is 0 Å². The average molecular weight is 364 g/mol. The maximum Gasteiger partial charge on any atom is 0.193 e. The Morgan fingerprint density at radius 3 is 2.57 bits per heavy atom. The largest absolute Gasteiger partial charge is 0.363 e. The quantitative estimate of drug-likeness (QED) is 0.482. The number of carbonyl (C=O) groups is 1. The minimum absolute atomic E-state index is 0.0263. The van der Waals surface area contributed by atoms with Crippen molar-refractivity contribution in [3.63, 3.8) is 0 Å². The van der Waals surface area contributed by atoms with Gasteiger partial charge in [0, 0.05) is 16.5 Å². The first-order valence-electron chi connectivity index (χ1n) is 9.63. The summed E-state index contributed by atoms with van der Waals surface area (Å²) in [4.78, 5) is 17.7. The Kier molecular flexibility index (Phi) is 4.13. The smallest absolute Gasteiger partial charge is 0.193 e. The molecule has 136 valence electrons. The third-order valence-corrected chi connectivity index (χ3v) is 5.47. The van der Waals surface area contributed by atoms with E-state index in [1.807, 2.05) is 60.7 Å². The second-order valence-electron chi connectivity index (χ2n) is 7.20. The molecule has 0 radical (unpaired) electrons. The Morgan fingerprint density at radius 1 is 0.857 bits per heavy atom. The van der Waals surface area contributed by atoms with E-state index in [1.54, 1.807) is 0 Å². The van der Waals surface area contributed by atoms with Gasteiger partial charge in [-0.2, -0.15) is 0 Å². The van der Waals surface area contributed by atoms with Gasteiger partial charge in [0.2, 0.25) is 0 Å². The van der Waals surface area contributed by atoms with Gasteiger partial charge in [-0.1, -0.05) is 66.7 Å². The Labute approximate surface area is 164 Å². The molecule has 5 rings (SSSR count). The first-order valence-corrected chi connectivity index (χ1v) is 9.63. The van der Waals surface area contributed by atoms with Crippen molar-refractivity contribution in [1.29, 1.82) is 0 Å². The Bertz CT molecular complexity index is 1170. The summed E-state index contributed by atoms with van der Waals surface area (Å²) in [5, 5.41) is 4.46. The summed E-state index contributed by atoms with van der Waals surface area (Å²) in [7, 11) is 0. The topological polar surface area (TPSA) is 42.0 Å². The molecular weight excluding hydrogens is 344 g/mol. The van der Waals surface area contributed by atoms with Crippen molar-refractivity contribution in [2.24, 2.45) is 0 Å². The van der Waals surface area contributed by atoms with Crippen molar-refractivity contribution in [3.8, 4) is 0 Å². The standard InChI is InChI=1S/C25H20N2O/c28-25(18-8-2-1-3-9-18)21-11-6-12-22-20(21)14-16-24(26-22)27-23-15-13-17-7-4-5-10-19(17)23/h1-12,14,16,23H,13,15H2,(H,26,27). The predicted octanol–water partition coefficient (Wildman–Crippen LogP) is 5.57. The summed E-state index contributed by atoms with van der Waals surface area (Å²) < 4.78 is 0. The maximum absolute atomic E-state index is 12.9. The van der Waals surface area contributed by atoms with Crippen molar-refractivity contribution in [2.45, 2.75) is 18.9 Å². The van der Waals surface area contributed by atoms with E-state index >= 15 is 0 Å². The molecule has 1 heterocycles.